The summed E-state index contributed by atoms with van der Waals surface area (Å²) in [5, 5.41) is 0. The first kappa shape index (κ1) is 13.1. The molecule has 19 heavy (non-hydrogen) atoms. The first-order valence-electron chi connectivity index (χ1n) is 6.28. The van der Waals surface area contributed by atoms with Crippen LogP contribution in [0.15, 0.2) is 60.7 Å². The minimum atomic E-state index is -0.233. The molecule has 0 amide bonds. The van der Waals surface area contributed by atoms with E-state index in [0.717, 1.165) is 5.75 Å². The second kappa shape index (κ2) is 7.21. The van der Waals surface area contributed by atoms with E-state index in [-0.39, 0.29) is 5.97 Å². The summed E-state index contributed by atoms with van der Waals surface area (Å²) in [6.45, 7) is 0.508. The standard InChI is InChI=1S/C16H16O3/c17-16(19-15-10-5-2-6-11-15)12-7-13-18-14-8-3-1-4-9-14/h1-6,8-11H,7,12-13H2. The lowest BCUT2D eigenvalue weighted by Crippen LogP contribution is -2.09. The van der Waals surface area contributed by atoms with Gasteiger partial charge in [0.2, 0.25) is 0 Å². The number of carbonyl (C=O) groups is 1. The van der Waals surface area contributed by atoms with Crippen LogP contribution in [-0.4, -0.2) is 12.6 Å². The number of rotatable bonds is 6. The van der Waals surface area contributed by atoms with Crippen molar-refractivity contribution in [2.75, 3.05) is 6.61 Å². The Kier molecular flexibility index (Phi) is 4.99. The molecule has 0 N–H and O–H groups in total. The van der Waals surface area contributed by atoms with Crippen molar-refractivity contribution in [3.63, 3.8) is 0 Å². The molecule has 0 saturated heterocycles. The molecule has 2 aromatic carbocycles. The van der Waals surface area contributed by atoms with Crippen LogP contribution in [0.4, 0.5) is 0 Å². The van der Waals surface area contributed by atoms with Crippen LogP contribution in [0.3, 0.4) is 0 Å². The van der Waals surface area contributed by atoms with Gasteiger partial charge in [-0.25, -0.2) is 0 Å². The van der Waals surface area contributed by atoms with E-state index in [4.69, 9.17) is 9.47 Å². The number of carbonyl (C=O) groups excluding carboxylic acids is 1. The topological polar surface area (TPSA) is 35.5 Å². The summed E-state index contributed by atoms with van der Waals surface area (Å²) < 4.78 is 10.7. The zero-order valence-corrected chi connectivity index (χ0v) is 10.6. The van der Waals surface area contributed by atoms with Crippen molar-refractivity contribution in [2.45, 2.75) is 12.8 Å². The van der Waals surface area contributed by atoms with Crippen LogP contribution in [-0.2, 0) is 4.79 Å². The van der Waals surface area contributed by atoms with E-state index in [9.17, 15) is 4.79 Å². The SMILES string of the molecule is O=C(CCCOc1ccccc1)Oc1ccccc1. The number of esters is 1. The molecule has 0 aliphatic heterocycles. The van der Waals surface area contributed by atoms with E-state index < -0.39 is 0 Å². The Bertz CT molecular complexity index is 494. The van der Waals surface area contributed by atoms with E-state index in [1.807, 2.05) is 48.5 Å². The summed E-state index contributed by atoms with van der Waals surface area (Å²) in [5.41, 5.74) is 0. The lowest BCUT2D eigenvalue weighted by molar-refractivity contribution is -0.134. The molecule has 2 aromatic rings. The van der Waals surface area contributed by atoms with Gasteiger partial charge in [0.1, 0.15) is 11.5 Å². The minimum Gasteiger partial charge on any atom is -0.494 e. The van der Waals surface area contributed by atoms with Gasteiger partial charge in [0.15, 0.2) is 0 Å². The second-order valence-corrected chi connectivity index (χ2v) is 4.05. The normalized spacial score (nSPS) is 9.89. The van der Waals surface area contributed by atoms with Crippen LogP contribution < -0.4 is 9.47 Å². The number of hydrogen-bond donors (Lipinski definition) is 0. The molecule has 3 heteroatoms. The van der Waals surface area contributed by atoms with Crippen molar-refractivity contribution >= 4 is 5.97 Å². The number of para-hydroxylation sites is 2. The average Bonchev–Trinajstić information content (AvgIpc) is 2.46. The summed E-state index contributed by atoms with van der Waals surface area (Å²) in [5.74, 6) is 1.17. The molecule has 98 valence electrons. The Balaban J connectivity index is 1.65. The predicted molar refractivity (Wildman–Crippen MR) is 73.2 cm³/mol. The predicted octanol–water partition coefficient (Wildman–Crippen LogP) is 3.45. The number of ether oxygens (including phenoxy) is 2. The molecule has 0 aliphatic carbocycles. The molecule has 0 heterocycles. The summed E-state index contributed by atoms with van der Waals surface area (Å²) in [7, 11) is 0. The van der Waals surface area contributed by atoms with Crippen LogP contribution in [0.1, 0.15) is 12.8 Å². The maximum atomic E-state index is 11.5. The van der Waals surface area contributed by atoms with Gasteiger partial charge in [0, 0.05) is 6.42 Å². The van der Waals surface area contributed by atoms with Gasteiger partial charge in [-0.05, 0) is 30.7 Å². The highest BCUT2D eigenvalue weighted by Gasteiger charge is 2.04. The summed E-state index contributed by atoms with van der Waals surface area (Å²) in [6, 6.07) is 18.6. The average molecular weight is 256 g/mol. The third-order valence-electron chi connectivity index (χ3n) is 2.51. The Morgan fingerprint density at radius 1 is 0.842 bits per heavy atom. The van der Waals surface area contributed by atoms with Gasteiger partial charge >= 0.3 is 5.97 Å². The third-order valence-corrected chi connectivity index (χ3v) is 2.51. The van der Waals surface area contributed by atoms with Gasteiger partial charge in [0.25, 0.3) is 0 Å². The molecule has 0 aliphatic rings. The fourth-order valence-electron chi connectivity index (χ4n) is 1.59. The molecular formula is C16H16O3. The molecule has 0 saturated carbocycles. The molecule has 0 bridgehead atoms. The molecule has 0 unspecified atom stereocenters. The van der Waals surface area contributed by atoms with Gasteiger partial charge < -0.3 is 9.47 Å². The zero-order chi connectivity index (χ0) is 13.3. The van der Waals surface area contributed by atoms with E-state index in [2.05, 4.69) is 0 Å². The monoisotopic (exact) mass is 256 g/mol. The summed E-state index contributed by atoms with van der Waals surface area (Å²) >= 11 is 0. The van der Waals surface area contributed by atoms with Crippen molar-refractivity contribution in [2.24, 2.45) is 0 Å². The molecule has 0 atom stereocenters. The van der Waals surface area contributed by atoms with Crippen LogP contribution in [0, 0.1) is 0 Å². The van der Waals surface area contributed by atoms with Crippen molar-refractivity contribution in [3.05, 3.63) is 60.7 Å². The van der Waals surface area contributed by atoms with Gasteiger partial charge in [0.05, 0.1) is 6.61 Å². The Morgan fingerprint density at radius 2 is 1.42 bits per heavy atom. The van der Waals surface area contributed by atoms with E-state index in [1.54, 1.807) is 12.1 Å². The highest BCUT2D eigenvalue weighted by Crippen LogP contribution is 2.11. The highest BCUT2D eigenvalue weighted by molar-refractivity contribution is 5.72. The minimum absolute atomic E-state index is 0.233. The van der Waals surface area contributed by atoms with Gasteiger partial charge in [-0.3, -0.25) is 4.79 Å². The Morgan fingerprint density at radius 3 is 2.05 bits per heavy atom. The molecule has 0 aromatic heterocycles. The molecule has 2 rings (SSSR count). The second-order valence-electron chi connectivity index (χ2n) is 4.05. The summed E-state index contributed by atoms with van der Waals surface area (Å²) in [4.78, 5) is 11.5. The maximum Gasteiger partial charge on any atom is 0.311 e. The van der Waals surface area contributed by atoms with Gasteiger partial charge in [-0.15, -0.1) is 0 Å². The third kappa shape index (κ3) is 4.84. The van der Waals surface area contributed by atoms with Crippen LogP contribution in [0.2, 0.25) is 0 Å². The lowest BCUT2D eigenvalue weighted by atomic mass is 10.3. The maximum absolute atomic E-state index is 11.5. The van der Waals surface area contributed by atoms with Crippen molar-refractivity contribution in [1.29, 1.82) is 0 Å². The Labute approximate surface area is 112 Å². The number of benzene rings is 2. The molecular weight excluding hydrogens is 240 g/mol. The lowest BCUT2D eigenvalue weighted by Gasteiger charge is -2.06. The molecule has 3 nitrogen and oxygen atoms in total. The van der Waals surface area contributed by atoms with Crippen LogP contribution in [0.25, 0.3) is 0 Å². The zero-order valence-electron chi connectivity index (χ0n) is 10.6. The van der Waals surface area contributed by atoms with Crippen molar-refractivity contribution < 1.29 is 14.3 Å². The van der Waals surface area contributed by atoms with E-state index in [1.165, 1.54) is 0 Å². The molecule has 0 radical (unpaired) electrons. The van der Waals surface area contributed by atoms with Gasteiger partial charge in [-0.1, -0.05) is 36.4 Å². The molecule has 0 fully saturated rings. The number of hydrogen-bond acceptors (Lipinski definition) is 3. The van der Waals surface area contributed by atoms with Crippen molar-refractivity contribution in [3.8, 4) is 11.5 Å². The first-order valence-corrected chi connectivity index (χ1v) is 6.28. The smallest absolute Gasteiger partial charge is 0.311 e. The van der Waals surface area contributed by atoms with Crippen LogP contribution in [0.5, 0.6) is 11.5 Å². The largest absolute Gasteiger partial charge is 0.494 e. The van der Waals surface area contributed by atoms with Crippen LogP contribution >= 0.6 is 0 Å². The Hall–Kier alpha value is -2.29. The quantitative estimate of drug-likeness (QED) is 0.451. The highest BCUT2D eigenvalue weighted by atomic mass is 16.5. The fraction of sp³-hybridized carbons (Fsp3) is 0.188. The van der Waals surface area contributed by atoms with E-state index in [0.29, 0.717) is 25.2 Å². The first-order chi connectivity index (χ1) is 9.34. The van der Waals surface area contributed by atoms with E-state index >= 15 is 0 Å². The molecule has 0 spiro atoms. The van der Waals surface area contributed by atoms with Gasteiger partial charge in [-0.2, -0.15) is 0 Å². The fourth-order valence-corrected chi connectivity index (χ4v) is 1.59. The summed E-state index contributed by atoms with van der Waals surface area (Å²) in [6.07, 6.45) is 0.988. The van der Waals surface area contributed by atoms with Crippen molar-refractivity contribution in [1.82, 2.24) is 0 Å².